The Labute approximate surface area is 112 Å². The molecule has 1 saturated heterocycles. The average molecular weight is 267 g/mol. The van der Waals surface area contributed by atoms with E-state index in [1.807, 2.05) is 11.8 Å². The first-order chi connectivity index (χ1) is 8.92. The molecule has 1 aromatic rings. The van der Waals surface area contributed by atoms with Crippen LogP contribution in [-0.2, 0) is 5.75 Å². The van der Waals surface area contributed by atoms with Crippen LogP contribution in [0.4, 0.5) is 0 Å². The van der Waals surface area contributed by atoms with Crippen LogP contribution in [0.1, 0.15) is 62.7 Å². The first-order valence-corrected chi connectivity index (χ1v) is 8.14. The van der Waals surface area contributed by atoms with Gasteiger partial charge in [0.15, 0.2) is 5.82 Å². The van der Waals surface area contributed by atoms with Crippen molar-refractivity contribution in [3.63, 3.8) is 0 Å². The summed E-state index contributed by atoms with van der Waals surface area (Å²) in [6.45, 7) is 1.07. The molecule has 0 bridgehead atoms. The van der Waals surface area contributed by atoms with Crippen molar-refractivity contribution in [2.24, 2.45) is 0 Å². The topological polar surface area (TPSA) is 51.0 Å². The Morgan fingerprint density at radius 2 is 2.00 bits per heavy atom. The molecule has 3 rings (SSSR count). The second-order valence-corrected chi connectivity index (χ2v) is 6.56. The maximum Gasteiger partial charge on any atom is 0.243 e. The third-order valence-electron chi connectivity index (χ3n) is 3.84. The normalized spacial score (nSPS) is 25.7. The summed E-state index contributed by atoms with van der Waals surface area (Å²) in [5.41, 5.74) is 0. The first-order valence-electron chi connectivity index (χ1n) is 7.09. The molecule has 18 heavy (non-hydrogen) atoms. The Morgan fingerprint density at radius 1 is 1.17 bits per heavy atom. The number of rotatable bonds is 4. The molecule has 1 N–H and O–H groups in total. The van der Waals surface area contributed by atoms with Crippen molar-refractivity contribution in [3.05, 3.63) is 11.7 Å². The molecule has 100 valence electrons. The summed E-state index contributed by atoms with van der Waals surface area (Å²) < 4.78 is 5.38. The van der Waals surface area contributed by atoms with Gasteiger partial charge in [-0.15, -0.1) is 0 Å². The fourth-order valence-corrected chi connectivity index (χ4v) is 3.95. The monoisotopic (exact) mass is 267 g/mol. The zero-order valence-electron chi connectivity index (χ0n) is 10.7. The zero-order chi connectivity index (χ0) is 12.2. The highest BCUT2D eigenvalue weighted by Gasteiger charge is 2.21. The van der Waals surface area contributed by atoms with Crippen molar-refractivity contribution in [2.75, 3.05) is 6.54 Å². The summed E-state index contributed by atoms with van der Waals surface area (Å²) in [6.07, 6.45) is 9.14. The molecule has 2 heterocycles. The molecule has 0 aromatic carbocycles. The van der Waals surface area contributed by atoms with Crippen LogP contribution >= 0.6 is 11.8 Å². The Balaban J connectivity index is 1.52. The SMILES string of the molecule is C1CC[C@@H](c2nc(CSC3CCCC3)no2)NC1. The van der Waals surface area contributed by atoms with Gasteiger partial charge in [-0.2, -0.15) is 16.7 Å². The predicted molar refractivity (Wildman–Crippen MR) is 72.4 cm³/mol. The molecule has 1 atom stereocenters. The summed E-state index contributed by atoms with van der Waals surface area (Å²) in [5, 5.41) is 8.37. The lowest BCUT2D eigenvalue weighted by Gasteiger charge is -2.19. The van der Waals surface area contributed by atoms with Gasteiger partial charge in [0.05, 0.1) is 11.8 Å². The molecule has 5 heteroatoms. The van der Waals surface area contributed by atoms with Crippen LogP contribution in [0.5, 0.6) is 0 Å². The molecule has 2 fully saturated rings. The van der Waals surface area contributed by atoms with Gasteiger partial charge in [0.2, 0.25) is 5.89 Å². The minimum atomic E-state index is 0.288. The van der Waals surface area contributed by atoms with E-state index >= 15 is 0 Å². The highest BCUT2D eigenvalue weighted by molar-refractivity contribution is 7.99. The predicted octanol–water partition coefficient (Wildman–Crippen LogP) is 3.06. The van der Waals surface area contributed by atoms with Crippen molar-refractivity contribution in [3.8, 4) is 0 Å². The first kappa shape index (κ1) is 12.5. The van der Waals surface area contributed by atoms with E-state index in [4.69, 9.17) is 4.52 Å². The summed E-state index contributed by atoms with van der Waals surface area (Å²) in [7, 11) is 0. The van der Waals surface area contributed by atoms with E-state index < -0.39 is 0 Å². The molecule has 1 aliphatic heterocycles. The summed E-state index contributed by atoms with van der Waals surface area (Å²) in [4.78, 5) is 4.53. The molecule has 4 nitrogen and oxygen atoms in total. The van der Waals surface area contributed by atoms with E-state index in [0.717, 1.165) is 35.7 Å². The van der Waals surface area contributed by atoms with Gasteiger partial charge in [0, 0.05) is 5.25 Å². The maximum atomic E-state index is 5.38. The van der Waals surface area contributed by atoms with E-state index in [1.54, 1.807) is 0 Å². The third-order valence-corrected chi connectivity index (χ3v) is 5.21. The number of aromatic nitrogens is 2. The van der Waals surface area contributed by atoms with Crippen molar-refractivity contribution < 1.29 is 4.52 Å². The highest BCUT2D eigenvalue weighted by Crippen LogP contribution is 2.31. The van der Waals surface area contributed by atoms with Gasteiger partial charge in [-0.1, -0.05) is 24.4 Å². The summed E-state index contributed by atoms with van der Waals surface area (Å²) >= 11 is 1.99. The van der Waals surface area contributed by atoms with Crippen LogP contribution in [0.15, 0.2) is 4.52 Å². The minimum absolute atomic E-state index is 0.288. The van der Waals surface area contributed by atoms with Gasteiger partial charge in [-0.05, 0) is 32.2 Å². The minimum Gasteiger partial charge on any atom is -0.338 e. The van der Waals surface area contributed by atoms with E-state index in [1.165, 1.54) is 38.5 Å². The quantitative estimate of drug-likeness (QED) is 0.908. The molecule has 0 spiro atoms. The van der Waals surface area contributed by atoms with E-state index in [-0.39, 0.29) is 6.04 Å². The Hall–Kier alpha value is -0.550. The highest BCUT2D eigenvalue weighted by atomic mass is 32.2. The summed E-state index contributed by atoms with van der Waals surface area (Å²) in [6, 6.07) is 0.288. The summed E-state index contributed by atoms with van der Waals surface area (Å²) in [5.74, 6) is 2.56. The van der Waals surface area contributed by atoms with Gasteiger partial charge in [0.25, 0.3) is 0 Å². The molecule has 0 radical (unpaired) electrons. The fourth-order valence-electron chi connectivity index (χ4n) is 2.78. The molecule has 0 amide bonds. The standard InChI is InChI=1S/C13H21N3OS/c1-2-6-10(5-1)18-9-12-15-13(17-16-12)11-7-3-4-8-14-11/h10-11,14H,1-9H2/t11-/m0/s1. The number of piperidine rings is 1. The van der Waals surface area contributed by atoms with Crippen molar-refractivity contribution in [2.45, 2.75) is 62.0 Å². The fraction of sp³-hybridized carbons (Fsp3) is 0.846. The van der Waals surface area contributed by atoms with E-state index in [0.29, 0.717) is 0 Å². The molecule has 0 unspecified atom stereocenters. The van der Waals surface area contributed by atoms with Crippen molar-refractivity contribution in [1.82, 2.24) is 15.5 Å². The van der Waals surface area contributed by atoms with Gasteiger partial charge in [0.1, 0.15) is 0 Å². The molecular formula is C13H21N3OS. The van der Waals surface area contributed by atoms with Gasteiger partial charge >= 0.3 is 0 Å². The van der Waals surface area contributed by atoms with Crippen LogP contribution in [0.2, 0.25) is 0 Å². The van der Waals surface area contributed by atoms with Gasteiger partial charge < -0.3 is 9.84 Å². The van der Waals surface area contributed by atoms with E-state index in [9.17, 15) is 0 Å². The Kier molecular flexibility index (Phi) is 4.20. The van der Waals surface area contributed by atoms with Crippen LogP contribution in [0.25, 0.3) is 0 Å². The Morgan fingerprint density at radius 3 is 2.78 bits per heavy atom. The molecule has 1 aliphatic carbocycles. The number of nitrogens with one attached hydrogen (secondary N) is 1. The molecule has 1 aromatic heterocycles. The van der Waals surface area contributed by atoms with E-state index in [2.05, 4.69) is 15.5 Å². The number of nitrogens with zero attached hydrogens (tertiary/aromatic N) is 2. The van der Waals surface area contributed by atoms with Crippen LogP contribution in [0.3, 0.4) is 0 Å². The second kappa shape index (κ2) is 6.06. The zero-order valence-corrected chi connectivity index (χ0v) is 11.5. The number of hydrogen-bond donors (Lipinski definition) is 1. The van der Waals surface area contributed by atoms with Gasteiger partial charge in [-0.25, -0.2) is 0 Å². The lowest BCUT2D eigenvalue weighted by atomic mass is 10.1. The lowest BCUT2D eigenvalue weighted by molar-refractivity contribution is 0.296. The van der Waals surface area contributed by atoms with Crippen molar-refractivity contribution in [1.29, 1.82) is 0 Å². The number of hydrogen-bond acceptors (Lipinski definition) is 5. The molecule has 1 saturated carbocycles. The molecular weight excluding hydrogens is 246 g/mol. The van der Waals surface area contributed by atoms with Crippen LogP contribution in [0, 0.1) is 0 Å². The number of thioether (sulfide) groups is 1. The Bertz CT molecular complexity index is 370. The third kappa shape index (κ3) is 3.06. The second-order valence-electron chi connectivity index (χ2n) is 5.27. The smallest absolute Gasteiger partial charge is 0.243 e. The van der Waals surface area contributed by atoms with Gasteiger partial charge in [-0.3, -0.25) is 0 Å². The van der Waals surface area contributed by atoms with Crippen LogP contribution < -0.4 is 5.32 Å². The largest absolute Gasteiger partial charge is 0.338 e. The average Bonchev–Trinajstić information content (AvgIpc) is 3.09. The molecule has 2 aliphatic rings. The lowest BCUT2D eigenvalue weighted by Crippen LogP contribution is -2.26. The van der Waals surface area contributed by atoms with Crippen molar-refractivity contribution >= 4 is 11.8 Å². The maximum absolute atomic E-state index is 5.38. The van der Waals surface area contributed by atoms with Crippen LogP contribution in [-0.4, -0.2) is 21.9 Å².